The summed E-state index contributed by atoms with van der Waals surface area (Å²) >= 11 is 0. The van der Waals surface area contributed by atoms with Crippen molar-refractivity contribution in [2.75, 3.05) is 9.80 Å². The van der Waals surface area contributed by atoms with Crippen LogP contribution in [-0.4, -0.2) is 14.5 Å². The van der Waals surface area contributed by atoms with Gasteiger partial charge in [-0.05, 0) is 64.9 Å². The summed E-state index contributed by atoms with van der Waals surface area (Å²) in [6.45, 7) is 8.68. The maximum atomic E-state index is 6.50. The van der Waals surface area contributed by atoms with E-state index in [2.05, 4.69) is 115 Å². The number of anilines is 4. The number of aromatic nitrogens is 3. The van der Waals surface area contributed by atoms with Gasteiger partial charge in [-0.15, -0.1) is 42.4 Å². The Kier molecular flexibility index (Phi) is 7.86. The molecule has 0 aliphatic carbocycles. The summed E-state index contributed by atoms with van der Waals surface area (Å²) in [5, 5.41) is 4.41. The van der Waals surface area contributed by atoms with Crippen LogP contribution in [0.5, 0.6) is 11.5 Å². The van der Waals surface area contributed by atoms with Gasteiger partial charge in [0, 0.05) is 73.0 Å². The van der Waals surface area contributed by atoms with Gasteiger partial charge in [0.05, 0.1) is 5.69 Å². The number of para-hydroxylation sites is 2. The van der Waals surface area contributed by atoms with Crippen molar-refractivity contribution in [3.8, 4) is 17.3 Å². The van der Waals surface area contributed by atoms with Crippen LogP contribution in [-0.2, 0) is 26.5 Å². The SMILES string of the molecule is CC(C)(C)c1ccnc(-n2c3[c-]c(Oc4[c-]c(N5[CH-]N(c6ccc7c(c6)oc6ccccc67)c6cccnc65)ccc4)ccc3c3ccccc32)c1.[Pt]. The van der Waals surface area contributed by atoms with Gasteiger partial charge in [-0.25, -0.2) is 9.97 Å². The number of furan rings is 1. The smallest absolute Gasteiger partial charge is 0.137 e. The fourth-order valence-electron chi connectivity index (χ4n) is 7.17. The Bertz CT molecular complexity index is 2830. The fraction of sp³-hybridized carbons (Fsp3) is 0.0889. The van der Waals surface area contributed by atoms with E-state index in [1.165, 1.54) is 5.56 Å². The van der Waals surface area contributed by atoms with E-state index >= 15 is 0 Å². The molecule has 0 radical (unpaired) electrons. The molecule has 0 atom stereocenters. The van der Waals surface area contributed by atoms with Crippen molar-refractivity contribution in [2.45, 2.75) is 26.2 Å². The molecule has 10 rings (SSSR count). The summed E-state index contributed by atoms with van der Waals surface area (Å²) in [5.74, 6) is 2.79. The van der Waals surface area contributed by atoms with E-state index in [1.54, 1.807) is 6.20 Å². The zero-order valence-electron chi connectivity index (χ0n) is 29.1. The molecule has 7 nitrogen and oxygen atoms in total. The minimum absolute atomic E-state index is 0. The first-order chi connectivity index (χ1) is 25.4. The monoisotopic (exact) mass is 869 g/mol. The van der Waals surface area contributed by atoms with Gasteiger partial charge in [0.1, 0.15) is 22.8 Å². The summed E-state index contributed by atoms with van der Waals surface area (Å²) in [7, 11) is 0. The van der Waals surface area contributed by atoms with Crippen LogP contribution in [0.4, 0.5) is 22.9 Å². The molecule has 9 aromatic rings. The van der Waals surface area contributed by atoms with E-state index in [0.717, 1.165) is 72.4 Å². The molecule has 8 heteroatoms. The van der Waals surface area contributed by atoms with Crippen molar-refractivity contribution in [1.82, 2.24) is 14.5 Å². The molecule has 5 aromatic carbocycles. The van der Waals surface area contributed by atoms with E-state index < -0.39 is 0 Å². The van der Waals surface area contributed by atoms with Gasteiger partial charge in [-0.1, -0.05) is 68.4 Å². The first kappa shape index (κ1) is 33.0. The number of hydrogen-bond donors (Lipinski definition) is 0. The zero-order valence-corrected chi connectivity index (χ0v) is 31.4. The molecule has 0 fully saturated rings. The molecule has 0 bridgehead atoms. The van der Waals surface area contributed by atoms with Crippen LogP contribution in [0.2, 0.25) is 0 Å². The molecule has 4 aromatic heterocycles. The standard InChI is InChI=1S/C45H32N5O2.Pt/c1-45(2,3)29-21-23-46-43(24-29)50-38-14-6-4-12-34(38)35-20-18-33(27-40(35)50)51-32-11-8-10-30(25-32)49-28-48(39-15-9-22-47-44(39)49)31-17-19-37-36-13-5-7-16-41(36)52-42(37)26-31;/h4-24,26,28H,1-3H3;/q-3;. The molecule has 0 amide bonds. The Labute approximate surface area is 321 Å². The van der Waals surface area contributed by atoms with Crippen molar-refractivity contribution in [2.24, 2.45) is 0 Å². The first-order valence-corrected chi connectivity index (χ1v) is 17.3. The topological polar surface area (TPSA) is 59.6 Å². The van der Waals surface area contributed by atoms with Crippen LogP contribution in [0.25, 0.3) is 49.6 Å². The van der Waals surface area contributed by atoms with Crippen LogP contribution in [0, 0.1) is 18.8 Å². The first-order valence-electron chi connectivity index (χ1n) is 17.3. The van der Waals surface area contributed by atoms with Crippen molar-refractivity contribution < 1.29 is 30.2 Å². The molecule has 53 heavy (non-hydrogen) atoms. The van der Waals surface area contributed by atoms with Gasteiger partial charge in [0.25, 0.3) is 0 Å². The van der Waals surface area contributed by atoms with E-state index in [1.807, 2.05) is 66.3 Å². The van der Waals surface area contributed by atoms with Crippen molar-refractivity contribution in [1.29, 1.82) is 0 Å². The number of fused-ring (bicyclic) bond motifs is 7. The minimum atomic E-state index is -0.0166. The maximum Gasteiger partial charge on any atom is 0.137 e. The zero-order chi connectivity index (χ0) is 35.0. The van der Waals surface area contributed by atoms with E-state index in [-0.39, 0.29) is 26.5 Å². The summed E-state index contributed by atoms with van der Waals surface area (Å²) in [6, 6.07) is 48.1. The Morgan fingerprint density at radius 3 is 2.34 bits per heavy atom. The van der Waals surface area contributed by atoms with Crippen LogP contribution < -0.4 is 14.5 Å². The molecule has 262 valence electrons. The van der Waals surface area contributed by atoms with E-state index in [9.17, 15) is 0 Å². The molecule has 0 unspecified atom stereocenters. The van der Waals surface area contributed by atoms with Crippen molar-refractivity contribution in [3.05, 3.63) is 158 Å². The molecule has 0 saturated carbocycles. The molecule has 1 aliphatic rings. The molecular formula is C45H32N5O2Pt-3. The molecule has 0 N–H and O–H groups in total. The van der Waals surface area contributed by atoms with Gasteiger partial charge >= 0.3 is 0 Å². The van der Waals surface area contributed by atoms with Gasteiger partial charge in [-0.2, -0.15) is 12.1 Å². The quantitative estimate of drug-likeness (QED) is 0.161. The Hall–Kier alpha value is -5.91. The summed E-state index contributed by atoms with van der Waals surface area (Å²) in [5.41, 5.74) is 7.59. The van der Waals surface area contributed by atoms with Crippen LogP contribution in [0.3, 0.4) is 0 Å². The van der Waals surface area contributed by atoms with E-state index in [4.69, 9.17) is 19.1 Å². The number of rotatable bonds is 5. The molecular weight excluding hydrogens is 838 g/mol. The van der Waals surface area contributed by atoms with Gasteiger partial charge < -0.3 is 23.5 Å². The third-order valence-electron chi connectivity index (χ3n) is 9.76. The van der Waals surface area contributed by atoms with Crippen molar-refractivity contribution in [3.63, 3.8) is 0 Å². The second-order valence-corrected chi connectivity index (χ2v) is 14.1. The number of pyridine rings is 2. The minimum Gasteiger partial charge on any atom is -0.509 e. The molecule has 1 aliphatic heterocycles. The Morgan fingerprint density at radius 1 is 0.660 bits per heavy atom. The summed E-state index contributed by atoms with van der Waals surface area (Å²) in [6.07, 6.45) is 3.69. The molecule has 5 heterocycles. The predicted octanol–water partition coefficient (Wildman–Crippen LogP) is 11.6. The second kappa shape index (κ2) is 12.6. The molecule has 0 saturated heterocycles. The Morgan fingerprint density at radius 2 is 1.45 bits per heavy atom. The fourth-order valence-corrected chi connectivity index (χ4v) is 7.17. The summed E-state index contributed by atoms with van der Waals surface area (Å²) in [4.78, 5) is 13.7. The van der Waals surface area contributed by atoms with Crippen LogP contribution in [0.1, 0.15) is 26.3 Å². The molecule has 0 spiro atoms. The maximum absolute atomic E-state index is 6.50. The number of nitrogens with zero attached hydrogens (tertiary/aromatic N) is 5. The summed E-state index contributed by atoms with van der Waals surface area (Å²) < 4.78 is 14.9. The number of hydrogen-bond acceptors (Lipinski definition) is 6. The van der Waals surface area contributed by atoms with Gasteiger partial charge in [0.2, 0.25) is 0 Å². The van der Waals surface area contributed by atoms with Crippen molar-refractivity contribution >= 4 is 66.6 Å². The number of benzene rings is 5. The third-order valence-corrected chi connectivity index (χ3v) is 9.76. The second-order valence-electron chi connectivity index (χ2n) is 14.1. The van der Waals surface area contributed by atoms with E-state index in [0.29, 0.717) is 11.5 Å². The average Bonchev–Trinajstić information content (AvgIpc) is 3.84. The predicted molar refractivity (Wildman–Crippen MR) is 208 cm³/mol. The largest absolute Gasteiger partial charge is 0.509 e. The number of ether oxygens (including phenoxy) is 1. The van der Waals surface area contributed by atoms with Crippen LogP contribution >= 0.6 is 0 Å². The van der Waals surface area contributed by atoms with Crippen LogP contribution in [0.15, 0.2) is 138 Å². The average molecular weight is 870 g/mol. The van der Waals surface area contributed by atoms with Gasteiger partial charge in [-0.3, -0.25) is 0 Å². The van der Waals surface area contributed by atoms with Gasteiger partial charge in [0.15, 0.2) is 0 Å². The Balaban J connectivity index is 0.00000372. The normalized spacial score (nSPS) is 12.9. The third kappa shape index (κ3) is 5.55.